The van der Waals surface area contributed by atoms with E-state index in [0.29, 0.717) is 17.6 Å². The number of hydrogen-bond acceptors (Lipinski definition) is 2. The van der Waals surface area contributed by atoms with E-state index in [9.17, 15) is 0 Å². The van der Waals surface area contributed by atoms with E-state index >= 15 is 0 Å². The molecule has 0 amide bonds. The van der Waals surface area contributed by atoms with Crippen LogP contribution >= 0.6 is 0 Å². The average Bonchev–Trinajstić information content (AvgIpc) is 3.22. The number of hydrogen-bond donors (Lipinski definition) is 0. The summed E-state index contributed by atoms with van der Waals surface area (Å²) in [6, 6.07) is 6.99. The Morgan fingerprint density at radius 1 is 1.21 bits per heavy atom. The Balaban J connectivity index is 1.43. The van der Waals surface area contributed by atoms with Gasteiger partial charge in [0.2, 0.25) is 8.32 Å². The van der Waals surface area contributed by atoms with Crippen LogP contribution in [0.25, 0.3) is 0 Å². The van der Waals surface area contributed by atoms with Crippen LogP contribution in [-0.2, 0) is 11.2 Å². The normalized spacial score (nSPS) is 42.6. The molecule has 24 heavy (non-hydrogen) atoms. The molecule has 3 fully saturated rings. The van der Waals surface area contributed by atoms with Gasteiger partial charge in [0.1, 0.15) is 5.75 Å². The van der Waals surface area contributed by atoms with Crippen LogP contribution in [0.3, 0.4) is 0 Å². The molecule has 0 N–H and O–H groups in total. The monoisotopic (exact) mass is 342 g/mol. The summed E-state index contributed by atoms with van der Waals surface area (Å²) in [5.74, 6) is 3.66. The van der Waals surface area contributed by atoms with Crippen molar-refractivity contribution >= 4 is 8.32 Å². The van der Waals surface area contributed by atoms with Crippen molar-refractivity contribution in [1.82, 2.24) is 0 Å². The molecule has 3 heteroatoms. The van der Waals surface area contributed by atoms with Crippen molar-refractivity contribution in [2.24, 2.45) is 17.3 Å². The third-order valence-corrected chi connectivity index (χ3v) is 8.13. The van der Waals surface area contributed by atoms with Gasteiger partial charge >= 0.3 is 0 Å². The quantitative estimate of drug-likeness (QED) is 0.549. The predicted molar refractivity (Wildman–Crippen MR) is 99.1 cm³/mol. The molecule has 4 aliphatic rings. The molecule has 2 nitrogen and oxygen atoms in total. The van der Waals surface area contributed by atoms with Gasteiger partial charge in [0.05, 0.1) is 12.2 Å². The van der Waals surface area contributed by atoms with E-state index in [1.807, 2.05) is 0 Å². The molecule has 0 bridgehead atoms. The van der Waals surface area contributed by atoms with E-state index < -0.39 is 8.32 Å². The molecular weight excluding hydrogens is 312 g/mol. The largest absolute Gasteiger partial charge is 0.544 e. The van der Waals surface area contributed by atoms with Crippen LogP contribution in [0.2, 0.25) is 19.6 Å². The molecule has 130 valence electrons. The Hall–Kier alpha value is -0.803. The molecule has 1 aliphatic heterocycles. The zero-order chi connectivity index (χ0) is 16.7. The van der Waals surface area contributed by atoms with Gasteiger partial charge in [0.15, 0.2) is 0 Å². The molecule has 1 aromatic carbocycles. The van der Waals surface area contributed by atoms with Crippen molar-refractivity contribution in [3.05, 3.63) is 29.3 Å². The van der Waals surface area contributed by atoms with Crippen molar-refractivity contribution in [2.75, 3.05) is 0 Å². The lowest BCUT2D eigenvalue weighted by atomic mass is 9.55. The SMILES string of the molecule is C[C@]12CC[C@@H]3c4ccc(O[Si](C)(C)C)cc4CC[C@H]3[C@@H]1C[C@@H]1O[C@@H]12. The third kappa shape index (κ3) is 2.24. The molecule has 6 atom stereocenters. The van der Waals surface area contributed by atoms with E-state index in [2.05, 4.69) is 44.8 Å². The second kappa shape index (κ2) is 4.88. The first-order valence-corrected chi connectivity index (χ1v) is 13.2. The first-order chi connectivity index (χ1) is 11.4. The van der Waals surface area contributed by atoms with Gasteiger partial charge in [-0.1, -0.05) is 13.0 Å². The minimum absolute atomic E-state index is 0.476. The lowest BCUT2D eigenvalue weighted by Crippen LogP contribution is -2.42. The van der Waals surface area contributed by atoms with Gasteiger partial charge < -0.3 is 9.16 Å². The summed E-state index contributed by atoms with van der Waals surface area (Å²) in [5.41, 5.74) is 3.68. The fraction of sp³-hybridized carbons (Fsp3) is 0.714. The molecule has 5 rings (SSSR count). The van der Waals surface area contributed by atoms with Crippen LogP contribution in [0.4, 0.5) is 0 Å². The Bertz CT molecular complexity index is 679. The molecular formula is C21H30O2Si. The molecule has 0 radical (unpaired) electrons. The number of aryl methyl sites for hydroxylation is 1. The molecule has 1 saturated heterocycles. The zero-order valence-corrected chi connectivity index (χ0v) is 16.5. The minimum atomic E-state index is -1.52. The van der Waals surface area contributed by atoms with Gasteiger partial charge in [0, 0.05) is 0 Å². The fourth-order valence-electron chi connectivity index (χ4n) is 6.27. The number of benzene rings is 1. The van der Waals surface area contributed by atoms with Crippen molar-refractivity contribution in [3.63, 3.8) is 0 Å². The lowest BCUT2D eigenvalue weighted by Gasteiger charge is -2.50. The number of epoxide rings is 1. The first-order valence-electron chi connectivity index (χ1n) is 9.82. The van der Waals surface area contributed by atoms with Gasteiger partial charge in [-0.2, -0.15) is 0 Å². The zero-order valence-electron chi connectivity index (χ0n) is 15.5. The fourth-order valence-corrected chi connectivity index (χ4v) is 7.11. The third-order valence-electron chi connectivity index (χ3n) is 7.28. The molecule has 2 saturated carbocycles. The van der Waals surface area contributed by atoms with Crippen molar-refractivity contribution in [3.8, 4) is 5.75 Å². The van der Waals surface area contributed by atoms with Gasteiger partial charge in [-0.3, -0.25) is 0 Å². The maximum atomic E-state index is 6.23. The predicted octanol–water partition coefficient (Wildman–Crippen LogP) is 5.13. The second-order valence-corrected chi connectivity index (χ2v) is 14.3. The summed E-state index contributed by atoms with van der Waals surface area (Å²) < 4.78 is 12.2. The van der Waals surface area contributed by atoms with Crippen molar-refractivity contribution in [2.45, 2.75) is 76.8 Å². The van der Waals surface area contributed by atoms with E-state index in [-0.39, 0.29) is 0 Å². The highest BCUT2D eigenvalue weighted by molar-refractivity contribution is 6.70. The van der Waals surface area contributed by atoms with Gasteiger partial charge in [-0.15, -0.1) is 0 Å². The molecule has 0 spiro atoms. The van der Waals surface area contributed by atoms with Gasteiger partial charge in [0.25, 0.3) is 0 Å². The van der Waals surface area contributed by atoms with Crippen LogP contribution in [0.15, 0.2) is 18.2 Å². The maximum Gasteiger partial charge on any atom is 0.242 e. The van der Waals surface area contributed by atoms with Crippen LogP contribution in [0, 0.1) is 17.3 Å². The van der Waals surface area contributed by atoms with Gasteiger partial charge in [-0.25, -0.2) is 0 Å². The van der Waals surface area contributed by atoms with E-state index in [1.54, 1.807) is 11.1 Å². The summed E-state index contributed by atoms with van der Waals surface area (Å²) in [6.07, 6.45) is 7.84. The first kappa shape index (κ1) is 15.5. The van der Waals surface area contributed by atoms with Crippen LogP contribution in [0.5, 0.6) is 5.75 Å². The number of fused-ring (bicyclic) bond motifs is 7. The minimum Gasteiger partial charge on any atom is -0.544 e. The second-order valence-electron chi connectivity index (χ2n) is 9.87. The van der Waals surface area contributed by atoms with Crippen LogP contribution in [0.1, 0.15) is 49.7 Å². The smallest absolute Gasteiger partial charge is 0.242 e. The van der Waals surface area contributed by atoms with E-state index in [1.165, 1.54) is 32.1 Å². The molecule has 0 unspecified atom stereocenters. The van der Waals surface area contributed by atoms with Crippen molar-refractivity contribution < 1.29 is 9.16 Å². The molecule has 0 aromatic heterocycles. The molecule has 3 aliphatic carbocycles. The standard InChI is InChI=1S/C21H30O2Si/c1-21-10-9-16-15-8-6-14(23-24(2,3)4)11-13(15)5-7-17(16)18(21)12-19-20(21)22-19/h6,8,11,16-20H,5,7,9-10,12H2,1-4H3/t16-,17-,18+,19+,20+,21+/m1/s1. The topological polar surface area (TPSA) is 21.8 Å². The highest BCUT2D eigenvalue weighted by Gasteiger charge is 2.66. The van der Waals surface area contributed by atoms with E-state index in [0.717, 1.165) is 23.5 Å². The Labute approximate surface area is 147 Å². The average molecular weight is 343 g/mol. The van der Waals surface area contributed by atoms with Crippen molar-refractivity contribution in [1.29, 1.82) is 0 Å². The highest BCUT2D eigenvalue weighted by atomic mass is 28.4. The number of ether oxygens (including phenoxy) is 1. The van der Waals surface area contributed by atoms with E-state index in [4.69, 9.17) is 9.16 Å². The van der Waals surface area contributed by atoms with Gasteiger partial charge in [-0.05, 0) is 98.2 Å². The highest BCUT2D eigenvalue weighted by Crippen LogP contribution is 2.66. The summed E-state index contributed by atoms with van der Waals surface area (Å²) in [7, 11) is -1.52. The molecule has 1 aromatic rings. The lowest BCUT2D eigenvalue weighted by molar-refractivity contribution is 0.00419. The molecule has 1 heterocycles. The summed E-state index contributed by atoms with van der Waals surface area (Å²) in [5, 5.41) is 0. The maximum absolute atomic E-state index is 6.23. The number of rotatable bonds is 2. The summed E-state index contributed by atoms with van der Waals surface area (Å²) in [4.78, 5) is 0. The summed E-state index contributed by atoms with van der Waals surface area (Å²) >= 11 is 0. The Kier molecular flexibility index (Phi) is 3.14. The van der Waals surface area contributed by atoms with Crippen LogP contribution in [-0.4, -0.2) is 20.5 Å². The van der Waals surface area contributed by atoms with Crippen LogP contribution < -0.4 is 4.43 Å². The Morgan fingerprint density at radius 3 is 2.83 bits per heavy atom. The Morgan fingerprint density at radius 2 is 2.04 bits per heavy atom. The summed E-state index contributed by atoms with van der Waals surface area (Å²) in [6.45, 7) is 9.31.